The van der Waals surface area contributed by atoms with E-state index in [2.05, 4.69) is 32.4 Å². The molecule has 0 aromatic carbocycles. The molecule has 0 saturated heterocycles. The lowest BCUT2D eigenvalue weighted by Crippen LogP contribution is -2.30. The molecule has 1 amide bonds. The zero-order chi connectivity index (χ0) is 19.3. The number of nitrogens with zero attached hydrogens (tertiary/aromatic N) is 4. The van der Waals surface area contributed by atoms with Crippen molar-refractivity contribution < 1.29 is 9.21 Å². The van der Waals surface area contributed by atoms with Crippen molar-refractivity contribution in [2.24, 2.45) is 5.92 Å². The van der Waals surface area contributed by atoms with Crippen molar-refractivity contribution >= 4 is 17.2 Å². The summed E-state index contributed by atoms with van der Waals surface area (Å²) in [6.07, 6.45) is 9.86. The van der Waals surface area contributed by atoms with E-state index in [0.29, 0.717) is 23.4 Å². The number of aryl methyl sites for hydroxylation is 1. The monoisotopic (exact) mass is 397 g/mol. The Morgan fingerprint density at radius 2 is 2.11 bits per heavy atom. The molecule has 146 valence electrons. The number of hydrogen-bond donors (Lipinski definition) is 1. The molecule has 0 aliphatic heterocycles. The van der Waals surface area contributed by atoms with E-state index < -0.39 is 0 Å². The summed E-state index contributed by atoms with van der Waals surface area (Å²) < 4.78 is 5.82. The first-order valence-electron chi connectivity index (χ1n) is 9.68. The average molecular weight is 398 g/mol. The van der Waals surface area contributed by atoms with Crippen LogP contribution in [0.2, 0.25) is 0 Å². The quantitative estimate of drug-likeness (QED) is 0.679. The molecule has 3 aromatic heterocycles. The zero-order valence-corrected chi connectivity index (χ0v) is 16.6. The highest BCUT2D eigenvalue weighted by Gasteiger charge is 2.27. The van der Waals surface area contributed by atoms with E-state index in [-0.39, 0.29) is 11.8 Å². The van der Waals surface area contributed by atoms with Gasteiger partial charge in [-0.3, -0.25) is 9.78 Å². The molecule has 0 atom stereocenters. The van der Waals surface area contributed by atoms with Gasteiger partial charge in [0.1, 0.15) is 5.69 Å². The van der Waals surface area contributed by atoms with Gasteiger partial charge >= 0.3 is 0 Å². The Hall–Kier alpha value is -2.61. The smallest absolute Gasteiger partial charge is 0.267 e. The van der Waals surface area contributed by atoms with Gasteiger partial charge in [-0.1, -0.05) is 6.92 Å². The van der Waals surface area contributed by atoms with E-state index in [1.165, 1.54) is 4.88 Å². The number of rotatable bonds is 6. The largest absolute Gasteiger partial charge is 0.419 e. The van der Waals surface area contributed by atoms with Crippen molar-refractivity contribution in [1.29, 1.82) is 0 Å². The Morgan fingerprint density at radius 3 is 2.82 bits per heavy atom. The van der Waals surface area contributed by atoms with Gasteiger partial charge in [0, 0.05) is 35.1 Å². The molecule has 0 spiro atoms. The van der Waals surface area contributed by atoms with Crippen molar-refractivity contribution in [1.82, 2.24) is 25.5 Å². The van der Waals surface area contributed by atoms with Crippen LogP contribution in [0.4, 0.5) is 0 Å². The second-order valence-electron chi connectivity index (χ2n) is 7.12. The zero-order valence-electron chi connectivity index (χ0n) is 15.8. The molecule has 1 aliphatic carbocycles. The Bertz CT molecular complexity index is 916. The standard InChI is InChI=1S/C20H23N5O2S/c1-2-16-9-15(12-28-16)18(26)23-10-13-3-5-14(6-4-13)19-24-25-20(27-19)17-11-21-7-8-22-17/h7-9,11-14H,2-6,10H2,1H3,(H,23,26). The fraction of sp³-hybridized carbons (Fsp3) is 0.450. The summed E-state index contributed by atoms with van der Waals surface area (Å²) in [5.74, 6) is 1.89. The highest BCUT2D eigenvalue weighted by atomic mass is 32.1. The topological polar surface area (TPSA) is 93.8 Å². The maximum Gasteiger partial charge on any atom is 0.267 e. The second kappa shape index (κ2) is 8.60. The minimum Gasteiger partial charge on any atom is -0.419 e. The molecule has 1 N–H and O–H groups in total. The molecule has 7 nitrogen and oxygen atoms in total. The lowest BCUT2D eigenvalue weighted by molar-refractivity contribution is 0.0942. The molecule has 28 heavy (non-hydrogen) atoms. The first kappa shape index (κ1) is 18.7. The van der Waals surface area contributed by atoms with Crippen molar-refractivity contribution in [2.45, 2.75) is 44.9 Å². The van der Waals surface area contributed by atoms with Gasteiger partial charge in [-0.05, 0) is 44.1 Å². The van der Waals surface area contributed by atoms with E-state index in [9.17, 15) is 4.79 Å². The summed E-state index contributed by atoms with van der Waals surface area (Å²) in [5, 5.41) is 13.3. The SMILES string of the molecule is CCc1cc(C(=O)NCC2CCC(c3nnc(-c4cnccn4)o3)CC2)cs1. The number of aromatic nitrogens is 4. The summed E-state index contributed by atoms with van der Waals surface area (Å²) in [7, 11) is 0. The third-order valence-corrected chi connectivity index (χ3v) is 6.32. The molecule has 0 bridgehead atoms. The summed E-state index contributed by atoms with van der Waals surface area (Å²) in [6, 6.07) is 1.99. The molecule has 0 unspecified atom stereocenters. The van der Waals surface area contributed by atoms with Crippen molar-refractivity contribution in [3.8, 4) is 11.6 Å². The minimum absolute atomic E-state index is 0.0311. The van der Waals surface area contributed by atoms with Gasteiger partial charge in [0.25, 0.3) is 11.8 Å². The first-order chi connectivity index (χ1) is 13.7. The normalized spacial score (nSPS) is 19.5. The summed E-state index contributed by atoms with van der Waals surface area (Å²) >= 11 is 1.65. The van der Waals surface area contributed by atoms with Gasteiger partial charge < -0.3 is 9.73 Å². The van der Waals surface area contributed by atoms with Crippen LogP contribution in [0.15, 0.2) is 34.5 Å². The predicted molar refractivity (Wildman–Crippen MR) is 106 cm³/mol. The molecule has 8 heteroatoms. The van der Waals surface area contributed by atoms with Gasteiger partial charge in [0.05, 0.1) is 11.8 Å². The number of nitrogens with one attached hydrogen (secondary N) is 1. The lowest BCUT2D eigenvalue weighted by Gasteiger charge is -2.26. The van der Waals surface area contributed by atoms with Crippen LogP contribution in [-0.4, -0.2) is 32.6 Å². The Labute approximate surface area is 167 Å². The van der Waals surface area contributed by atoms with Gasteiger partial charge in [-0.15, -0.1) is 21.5 Å². The Kier molecular flexibility index (Phi) is 5.76. The fourth-order valence-electron chi connectivity index (χ4n) is 3.55. The summed E-state index contributed by atoms with van der Waals surface area (Å²) in [4.78, 5) is 21.8. The fourth-order valence-corrected chi connectivity index (χ4v) is 4.37. The highest BCUT2D eigenvalue weighted by Crippen LogP contribution is 2.35. The minimum atomic E-state index is 0.0311. The number of amides is 1. The molecule has 1 fully saturated rings. The van der Waals surface area contributed by atoms with Crippen LogP contribution in [0.5, 0.6) is 0 Å². The second-order valence-corrected chi connectivity index (χ2v) is 8.11. The number of hydrogen-bond acceptors (Lipinski definition) is 7. The van der Waals surface area contributed by atoms with Crippen LogP contribution < -0.4 is 5.32 Å². The van der Waals surface area contributed by atoms with Crippen LogP contribution >= 0.6 is 11.3 Å². The molecule has 1 aliphatic rings. The highest BCUT2D eigenvalue weighted by molar-refractivity contribution is 7.10. The van der Waals surface area contributed by atoms with E-state index in [1.807, 2.05) is 11.4 Å². The lowest BCUT2D eigenvalue weighted by atomic mass is 9.82. The van der Waals surface area contributed by atoms with Crippen LogP contribution in [0.3, 0.4) is 0 Å². The van der Waals surface area contributed by atoms with E-state index in [1.54, 1.807) is 29.9 Å². The van der Waals surface area contributed by atoms with Gasteiger partial charge in [0.2, 0.25) is 5.89 Å². The molecular formula is C20H23N5O2S. The molecule has 3 heterocycles. The predicted octanol–water partition coefficient (Wildman–Crippen LogP) is 3.85. The maximum atomic E-state index is 12.3. The number of thiophene rings is 1. The third kappa shape index (κ3) is 4.27. The number of carbonyl (C=O) groups excluding carboxylic acids is 1. The van der Waals surface area contributed by atoms with Crippen LogP contribution in [0.1, 0.15) is 59.7 Å². The summed E-state index contributed by atoms with van der Waals surface area (Å²) in [6.45, 7) is 2.82. The molecule has 0 radical (unpaired) electrons. The van der Waals surface area contributed by atoms with Crippen LogP contribution in [-0.2, 0) is 6.42 Å². The molecule has 4 rings (SSSR count). The average Bonchev–Trinajstić information content (AvgIpc) is 3.43. The van der Waals surface area contributed by atoms with Gasteiger partial charge in [-0.25, -0.2) is 4.98 Å². The first-order valence-corrected chi connectivity index (χ1v) is 10.6. The van der Waals surface area contributed by atoms with Gasteiger partial charge in [0.15, 0.2) is 0 Å². The van der Waals surface area contributed by atoms with E-state index in [0.717, 1.165) is 44.2 Å². The molecular weight excluding hydrogens is 374 g/mol. The molecule has 1 saturated carbocycles. The van der Waals surface area contributed by atoms with Crippen LogP contribution in [0, 0.1) is 5.92 Å². The Morgan fingerprint density at radius 1 is 1.25 bits per heavy atom. The van der Waals surface area contributed by atoms with Crippen molar-refractivity contribution in [3.63, 3.8) is 0 Å². The van der Waals surface area contributed by atoms with Crippen LogP contribution in [0.25, 0.3) is 11.6 Å². The Balaban J connectivity index is 1.27. The van der Waals surface area contributed by atoms with E-state index >= 15 is 0 Å². The van der Waals surface area contributed by atoms with Gasteiger partial charge in [-0.2, -0.15) is 0 Å². The number of carbonyl (C=O) groups is 1. The van der Waals surface area contributed by atoms with Crippen molar-refractivity contribution in [2.75, 3.05) is 6.54 Å². The maximum absolute atomic E-state index is 12.3. The third-order valence-electron chi connectivity index (χ3n) is 5.23. The summed E-state index contributed by atoms with van der Waals surface area (Å²) in [5.41, 5.74) is 1.37. The van der Waals surface area contributed by atoms with E-state index in [4.69, 9.17) is 4.42 Å². The molecule has 3 aromatic rings. The van der Waals surface area contributed by atoms with Crippen molar-refractivity contribution in [3.05, 3.63) is 46.4 Å².